The molecule has 1 atom stereocenters. The molecule has 0 saturated carbocycles. The van der Waals surface area contributed by atoms with E-state index in [9.17, 15) is 4.79 Å². The van der Waals surface area contributed by atoms with Gasteiger partial charge in [-0.1, -0.05) is 12.8 Å². The number of carbonyl (C=O) groups is 1. The maximum atomic E-state index is 10.0. The van der Waals surface area contributed by atoms with Gasteiger partial charge in [-0.05, 0) is 19.0 Å². The second kappa shape index (κ2) is 7.01. The molecule has 0 aliphatic rings. The van der Waals surface area contributed by atoms with Crippen LogP contribution in [0.15, 0.2) is 0 Å². The van der Waals surface area contributed by atoms with Crippen LogP contribution in [-0.2, 0) is 4.79 Å². The zero-order chi connectivity index (χ0) is 7.82. The Morgan fingerprint density at radius 3 is 2.60 bits per heavy atom. The molecule has 1 unspecified atom stereocenters. The van der Waals surface area contributed by atoms with E-state index in [2.05, 4.69) is 9.24 Å². The predicted molar refractivity (Wildman–Crippen MR) is 44.7 cm³/mol. The Morgan fingerprint density at radius 1 is 1.40 bits per heavy atom. The normalized spacial score (nSPS) is 9.70. The highest BCUT2D eigenvalue weighted by Gasteiger charge is 1.94. The molecule has 1 radical (unpaired) electrons. The molecule has 0 heterocycles. The zero-order valence-corrected chi connectivity index (χ0v) is 7.20. The van der Waals surface area contributed by atoms with Crippen molar-refractivity contribution in [3.05, 3.63) is 6.16 Å². The van der Waals surface area contributed by atoms with Crippen LogP contribution in [0.25, 0.3) is 0 Å². The average molecular weight is 161 g/mol. The summed E-state index contributed by atoms with van der Waals surface area (Å²) in [6.45, 7) is 0. The fraction of sp³-hybridized carbons (Fsp3) is 0.714. The van der Waals surface area contributed by atoms with Gasteiger partial charge >= 0.3 is 5.97 Å². The molecule has 0 aliphatic carbocycles. The summed E-state index contributed by atoms with van der Waals surface area (Å²) in [5, 5.41) is 8.26. The zero-order valence-electron chi connectivity index (χ0n) is 6.05. The first-order valence-corrected chi connectivity index (χ1v) is 4.19. The number of hydrogen-bond donors (Lipinski definition) is 1. The minimum Gasteiger partial charge on any atom is -0.481 e. The molecule has 0 fully saturated rings. The van der Waals surface area contributed by atoms with Crippen molar-refractivity contribution in [1.82, 2.24) is 0 Å². The summed E-state index contributed by atoms with van der Waals surface area (Å²) in [6.07, 6.45) is 6.36. The molecule has 3 heteroatoms. The predicted octanol–water partition coefficient (Wildman–Crippen LogP) is 2.06. The lowest BCUT2D eigenvalue weighted by molar-refractivity contribution is -0.137. The Balaban J connectivity index is 2.84. The van der Waals surface area contributed by atoms with Crippen molar-refractivity contribution in [2.24, 2.45) is 0 Å². The van der Waals surface area contributed by atoms with Gasteiger partial charge < -0.3 is 5.11 Å². The monoisotopic (exact) mass is 161 g/mol. The van der Waals surface area contributed by atoms with E-state index in [-0.39, 0.29) is 0 Å². The van der Waals surface area contributed by atoms with Crippen molar-refractivity contribution < 1.29 is 9.90 Å². The maximum absolute atomic E-state index is 10.0. The first kappa shape index (κ1) is 9.90. The molecule has 0 rings (SSSR count). The van der Waals surface area contributed by atoms with E-state index in [1.807, 2.05) is 6.16 Å². The molecule has 0 aromatic rings. The molecule has 1 N–H and O–H groups in total. The second-order valence-electron chi connectivity index (χ2n) is 2.23. The molecular weight excluding hydrogens is 147 g/mol. The van der Waals surface area contributed by atoms with E-state index in [1.54, 1.807) is 0 Å². The summed E-state index contributed by atoms with van der Waals surface area (Å²) in [5.74, 6) is -0.685. The molecule has 0 saturated heterocycles. The van der Waals surface area contributed by atoms with E-state index in [0.717, 1.165) is 25.7 Å². The van der Waals surface area contributed by atoms with Crippen LogP contribution in [0.3, 0.4) is 0 Å². The lowest BCUT2D eigenvalue weighted by atomic mass is 10.2. The third-order valence-electron chi connectivity index (χ3n) is 1.26. The fourth-order valence-electron chi connectivity index (χ4n) is 0.715. The molecule has 0 amide bonds. The summed E-state index contributed by atoms with van der Waals surface area (Å²) in [5.41, 5.74) is 0. The lowest BCUT2D eigenvalue weighted by Crippen LogP contribution is -1.93. The van der Waals surface area contributed by atoms with Gasteiger partial charge in [-0.15, -0.1) is 9.24 Å². The molecule has 10 heavy (non-hydrogen) atoms. The minimum absolute atomic E-state index is 0.316. The highest BCUT2D eigenvalue weighted by molar-refractivity contribution is 7.19. The first-order valence-electron chi connectivity index (χ1n) is 3.52. The first-order chi connectivity index (χ1) is 4.77. The third kappa shape index (κ3) is 7.90. The van der Waals surface area contributed by atoms with E-state index >= 15 is 0 Å². The van der Waals surface area contributed by atoms with Gasteiger partial charge in [0.25, 0.3) is 0 Å². The Morgan fingerprint density at radius 2 is 2.10 bits per heavy atom. The Labute approximate surface area is 64.2 Å². The molecule has 0 bridgehead atoms. The molecule has 0 aromatic carbocycles. The van der Waals surface area contributed by atoms with Crippen LogP contribution >= 0.6 is 9.24 Å². The average Bonchev–Trinajstić information content (AvgIpc) is 1.87. The van der Waals surface area contributed by atoms with E-state index in [0.29, 0.717) is 6.42 Å². The molecular formula is C7H14O2P. The van der Waals surface area contributed by atoms with Gasteiger partial charge in [-0.3, -0.25) is 4.79 Å². The van der Waals surface area contributed by atoms with Gasteiger partial charge in [-0.2, -0.15) is 0 Å². The largest absolute Gasteiger partial charge is 0.481 e. The minimum atomic E-state index is -0.685. The van der Waals surface area contributed by atoms with Gasteiger partial charge in [0.1, 0.15) is 0 Å². The fourth-order valence-corrected chi connectivity index (χ4v) is 0.951. The van der Waals surface area contributed by atoms with Crippen LogP contribution in [0.1, 0.15) is 32.1 Å². The Bertz CT molecular complexity index is 93.6. The maximum Gasteiger partial charge on any atom is 0.303 e. The number of carboxylic acids is 1. The SMILES string of the molecule is O=C(O)CCCCC[CH]P. The third-order valence-corrected chi connectivity index (χ3v) is 1.59. The van der Waals surface area contributed by atoms with E-state index in [1.165, 1.54) is 0 Å². The highest BCUT2D eigenvalue weighted by Crippen LogP contribution is 2.06. The van der Waals surface area contributed by atoms with Crippen molar-refractivity contribution in [3.8, 4) is 0 Å². The molecule has 0 aromatic heterocycles. The number of hydrogen-bond acceptors (Lipinski definition) is 1. The number of unbranched alkanes of at least 4 members (excludes halogenated alkanes) is 3. The van der Waals surface area contributed by atoms with Crippen LogP contribution < -0.4 is 0 Å². The van der Waals surface area contributed by atoms with Crippen LogP contribution in [0.4, 0.5) is 0 Å². The second-order valence-corrected chi connectivity index (χ2v) is 2.70. The highest BCUT2D eigenvalue weighted by atomic mass is 31.0. The quantitative estimate of drug-likeness (QED) is 0.478. The van der Waals surface area contributed by atoms with Crippen LogP contribution in [-0.4, -0.2) is 11.1 Å². The van der Waals surface area contributed by atoms with Gasteiger partial charge in [0.15, 0.2) is 0 Å². The van der Waals surface area contributed by atoms with Crippen molar-refractivity contribution in [2.45, 2.75) is 32.1 Å². The number of carboxylic acid groups (broad SMARTS) is 1. The number of rotatable bonds is 6. The van der Waals surface area contributed by atoms with Gasteiger partial charge in [0.2, 0.25) is 0 Å². The molecule has 0 aliphatic heterocycles. The van der Waals surface area contributed by atoms with Crippen LogP contribution in [0.5, 0.6) is 0 Å². The standard InChI is InChI=1S/C7H14O2P/c8-7(9)5-3-1-2-4-6-10/h6H,1-5,10H2,(H,8,9). The summed E-state index contributed by atoms with van der Waals surface area (Å²) < 4.78 is 0. The Hall–Kier alpha value is -0.100. The lowest BCUT2D eigenvalue weighted by Gasteiger charge is -1.95. The van der Waals surface area contributed by atoms with Crippen LogP contribution in [0, 0.1) is 6.16 Å². The smallest absolute Gasteiger partial charge is 0.303 e. The topological polar surface area (TPSA) is 37.3 Å². The van der Waals surface area contributed by atoms with E-state index < -0.39 is 5.97 Å². The number of aliphatic carboxylic acids is 1. The van der Waals surface area contributed by atoms with E-state index in [4.69, 9.17) is 5.11 Å². The summed E-state index contributed by atoms with van der Waals surface area (Å²) in [7, 11) is 2.54. The Kier molecular flexibility index (Phi) is 6.94. The summed E-state index contributed by atoms with van der Waals surface area (Å²) in [6, 6.07) is 0. The molecule has 2 nitrogen and oxygen atoms in total. The van der Waals surface area contributed by atoms with Crippen molar-refractivity contribution >= 4 is 15.2 Å². The van der Waals surface area contributed by atoms with Crippen molar-refractivity contribution in [2.75, 3.05) is 0 Å². The van der Waals surface area contributed by atoms with Crippen molar-refractivity contribution in [3.63, 3.8) is 0 Å². The van der Waals surface area contributed by atoms with Gasteiger partial charge in [-0.25, -0.2) is 0 Å². The summed E-state index contributed by atoms with van der Waals surface area (Å²) in [4.78, 5) is 10.0. The molecule has 0 spiro atoms. The van der Waals surface area contributed by atoms with Gasteiger partial charge in [0.05, 0.1) is 0 Å². The molecule has 59 valence electrons. The van der Waals surface area contributed by atoms with Crippen molar-refractivity contribution in [1.29, 1.82) is 0 Å². The van der Waals surface area contributed by atoms with Crippen LogP contribution in [0.2, 0.25) is 0 Å². The van der Waals surface area contributed by atoms with Gasteiger partial charge in [0, 0.05) is 6.42 Å². The summed E-state index contributed by atoms with van der Waals surface area (Å²) >= 11 is 0.